The Hall–Kier alpha value is -3.86. The number of aliphatic hydroxyl groups excluding tert-OH is 1. The van der Waals surface area contributed by atoms with E-state index in [0.717, 1.165) is 11.6 Å². The Morgan fingerprint density at radius 2 is 1.91 bits per heavy atom. The zero-order valence-electron chi connectivity index (χ0n) is 16.6. The van der Waals surface area contributed by atoms with Gasteiger partial charge in [0.2, 0.25) is 11.2 Å². The van der Waals surface area contributed by atoms with Crippen molar-refractivity contribution in [2.75, 3.05) is 0 Å². The number of hydrogen-bond acceptors (Lipinski definition) is 6. The average Bonchev–Trinajstić information content (AvgIpc) is 3.24. The summed E-state index contributed by atoms with van der Waals surface area (Å²) in [6.45, 7) is -0.594. The summed E-state index contributed by atoms with van der Waals surface area (Å²) in [4.78, 5) is 28.8. The highest BCUT2D eigenvalue weighted by atomic mass is 35.5. The molecule has 160 valence electrons. The number of rotatable bonds is 6. The van der Waals surface area contributed by atoms with E-state index in [4.69, 9.17) is 16.0 Å². The molecule has 0 spiro atoms. The number of nitrogens with zero attached hydrogens (tertiary/aromatic N) is 1. The summed E-state index contributed by atoms with van der Waals surface area (Å²) in [6.07, 6.45) is 1.52. The van der Waals surface area contributed by atoms with Crippen molar-refractivity contribution in [1.82, 2.24) is 4.98 Å². The molecule has 8 heteroatoms. The molecule has 0 saturated heterocycles. The quantitative estimate of drug-likeness (QED) is 0.380. The fourth-order valence-electron chi connectivity index (χ4n) is 3.74. The number of aromatic nitrogens is 1. The number of ketones is 1. The molecule has 0 aliphatic heterocycles. The minimum atomic E-state index is -1.35. The van der Waals surface area contributed by atoms with Crippen molar-refractivity contribution in [3.05, 3.63) is 98.7 Å². The van der Waals surface area contributed by atoms with Crippen LogP contribution in [-0.4, -0.2) is 21.0 Å². The molecular formula is C24H17ClN2O5. The lowest BCUT2D eigenvalue weighted by molar-refractivity contribution is 0.0935. The second-order valence-corrected chi connectivity index (χ2v) is 7.63. The van der Waals surface area contributed by atoms with E-state index >= 15 is 0 Å². The van der Waals surface area contributed by atoms with Gasteiger partial charge in [0.15, 0.2) is 11.5 Å². The highest BCUT2D eigenvalue weighted by Crippen LogP contribution is 2.39. The Morgan fingerprint density at radius 3 is 2.59 bits per heavy atom. The maximum Gasteiger partial charge on any atom is 0.227 e. The number of nitriles is 1. The fourth-order valence-corrected chi connectivity index (χ4v) is 3.86. The SMILES string of the molecule is N#CC(C(=O)c1c[nH]c2ccccc12)C(c1ccc(Cl)cc1)c1oc(CO)cc(=O)c1O. The number of hydrogen-bond donors (Lipinski definition) is 3. The molecule has 3 N–H and O–H groups in total. The Bertz CT molecular complexity index is 1400. The molecule has 0 radical (unpaired) electrons. The first-order valence-corrected chi connectivity index (χ1v) is 10.0. The molecule has 0 amide bonds. The summed E-state index contributed by atoms with van der Waals surface area (Å²) >= 11 is 6.00. The molecule has 4 aromatic rings. The van der Waals surface area contributed by atoms with E-state index in [9.17, 15) is 25.1 Å². The summed E-state index contributed by atoms with van der Waals surface area (Å²) in [5.74, 6) is -4.09. The minimum Gasteiger partial charge on any atom is -0.502 e. The third-order valence-corrected chi connectivity index (χ3v) is 5.53. The molecule has 4 rings (SSSR count). The van der Waals surface area contributed by atoms with E-state index in [2.05, 4.69) is 4.98 Å². The van der Waals surface area contributed by atoms with Crippen LogP contribution in [0.25, 0.3) is 10.9 Å². The molecule has 0 aliphatic rings. The van der Waals surface area contributed by atoms with Crippen molar-refractivity contribution in [2.45, 2.75) is 12.5 Å². The topological polar surface area (TPSA) is 127 Å². The van der Waals surface area contributed by atoms with Crippen molar-refractivity contribution in [1.29, 1.82) is 5.26 Å². The molecule has 2 unspecified atom stereocenters. The van der Waals surface area contributed by atoms with Crippen LogP contribution < -0.4 is 5.43 Å². The van der Waals surface area contributed by atoms with Gasteiger partial charge in [-0.2, -0.15) is 5.26 Å². The summed E-state index contributed by atoms with van der Waals surface area (Å²) in [6, 6.07) is 16.5. The molecule has 32 heavy (non-hydrogen) atoms. The lowest BCUT2D eigenvalue weighted by atomic mass is 9.80. The van der Waals surface area contributed by atoms with Crippen LogP contribution in [0.2, 0.25) is 5.02 Å². The summed E-state index contributed by atoms with van der Waals surface area (Å²) in [7, 11) is 0. The zero-order valence-corrected chi connectivity index (χ0v) is 17.3. The van der Waals surface area contributed by atoms with Gasteiger partial charge in [0.05, 0.1) is 12.0 Å². The summed E-state index contributed by atoms with van der Waals surface area (Å²) < 4.78 is 5.58. The standard InChI is InChI=1S/C24H17ClN2O5/c25-14-7-5-13(6-8-14)21(24-23(31)20(29)9-15(12-28)32-24)17(10-26)22(30)18-11-27-19-4-2-1-3-16(18)19/h1-9,11,17,21,27-28,31H,12H2. The first kappa shape index (κ1) is 21.4. The monoisotopic (exact) mass is 448 g/mol. The van der Waals surface area contributed by atoms with Crippen LogP contribution in [0, 0.1) is 17.2 Å². The Morgan fingerprint density at radius 1 is 1.19 bits per heavy atom. The number of Topliss-reactive ketones (excluding diaryl/α,β-unsaturated/α-hetero) is 1. The van der Waals surface area contributed by atoms with Gasteiger partial charge in [0.1, 0.15) is 18.3 Å². The molecule has 2 atom stereocenters. The van der Waals surface area contributed by atoms with E-state index in [-0.39, 0.29) is 11.5 Å². The van der Waals surface area contributed by atoms with Crippen molar-refractivity contribution >= 4 is 28.3 Å². The van der Waals surface area contributed by atoms with Gasteiger partial charge in [-0.05, 0) is 23.8 Å². The van der Waals surface area contributed by atoms with Crippen LogP contribution in [0.1, 0.15) is 33.4 Å². The van der Waals surface area contributed by atoms with Crippen molar-refractivity contribution in [3.8, 4) is 11.8 Å². The number of aromatic amines is 1. The number of carbonyl (C=O) groups is 1. The maximum atomic E-state index is 13.5. The molecule has 0 fully saturated rings. The van der Waals surface area contributed by atoms with Crippen LogP contribution in [0.15, 0.2) is 70.0 Å². The van der Waals surface area contributed by atoms with Crippen LogP contribution >= 0.6 is 11.6 Å². The minimum absolute atomic E-state index is 0.0991. The number of carbonyl (C=O) groups excluding carboxylic acids is 1. The van der Waals surface area contributed by atoms with Crippen molar-refractivity contribution in [2.24, 2.45) is 5.92 Å². The van der Waals surface area contributed by atoms with Gasteiger partial charge < -0.3 is 19.6 Å². The largest absolute Gasteiger partial charge is 0.502 e. The fraction of sp³-hybridized carbons (Fsp3) is 0.125. The first-order valence-electron chi connectivity index (χ1n) is 9.66. The lowest BCUT2D eigenvalue weighted by Gasteiger charge is -2.22. The maximum absolute atomic E-state index is 13.5. The highest BCUT2D eigenvalue weighted by molar-refractivity contribution is 6.30. The van der Waals surface area contributed by atoms with Gasteiger partial charge in [-0.1, -0.05) is 41.9 Å². The van der Waals surface area contributed by atoms with E-state index in [1.165, 1.54) is 6.20 Å². The number of fused-ring (bicyclic) bond motifs is 1. The number of H-pyrrole nitrogens is 1. The second kappa shape index (κ2) is 8.71. The molecule has 0 aliphatic carbocycles. The summed E-state index contributed by atoms with van der Waals surface area (Å²) in [5.41, 5.74) is 0.673. The first-order chi connectivity index (χ1) is 15.4. The predicted molar refractivity (Wildman–Crippen MR) is 118 cm³/mol. The molecular weight excluding hydrogens is 432 g/mol. The van der Waals surface area contributed by atoms with E-state index < -0.39 is 35.4 Å². The van der Waals surface area contributed by atoms with Crippen LogP contribution in [-0.2, 0) is 6.61 Å². The number of aliphatic hydroxyl groups is 1. The third-order valence-electron chi connectivity index (χ3n) is 5.28. The number of halogens is 1. The van der Waals surface area contributed by atoms with E-state index in [1.807, 2.05) is 12.1 Å². The molecule has 0 bridgehead atoms. The average molecular weight is 449 g/mol. The van der Waals surface area contributed by atoms with Gasteiger partial charge in [-0.3, -0.25) is 9.59 Å². The molecule has 2 heterocycles. The van der Waals surface area contributed by atoms with Crippen LogP contribution in [0.3, 0.4) is 0 Å². The van der Waals surface area contributed by atoms with Crippen LogP contribution in [0.5, 0.6) is 5.75 Å². The molecule has 0 saturated carbocycles. The number of nitrogens with one attached hydrogen (secondary N) is 1. The van der Waals surface area contributed by atoms with Crippen LogP contribution in [0.4, 0.5) is 0 Å². The van der Waals surface area contributed by atoms with E-state index in [1.54, 1.807) is 42.5 Å². The predicted octanol–water partition coefficient (Wildman–Crippen LogP) is 4.13. The Labute approximate surface area is 187 Å². The summed E-state index contributed by atoms with van der Waals surface area (Å²) in [5, 5.41) is 31.1. The zero-order chi connectivity index (χ0) is 22.8. The Balaban J connectivity index is 1.92. The third kappa shape index (κ3) is 3.78. The smallest absolute Gasteiger partial charge is 0.227 e. The highest BCUT2D eigenvalue weighted by Gasteiger charge is 2.37. The number of benzene rings is 2. The van der Waals surface area contributed by atoms with E-state index in [0.29, 0.717) is 21.5 Å². The van der Waals surface area contributed by atoms with Gasteiger partial charge >= 0.3 is 0 Å². The van der Waals surface area contributed by atoms with Gasteiger partial charge in [-0.25, -0.2) is 0 Å². The van der Waals surface area contributed by atoms with Gasteiger partial charge in [0.25, 0.3) is 0 Å². The van der Waals surface area contributed by atoms with Gasteiger partial charge in [-0.15, -0.1) is 0 Å². The second-order valence-electron chi connectivity index (χ2n) is 7.20. The van der Waals surface area contributed by atoms with Crippen molar-refractivity contribution < 1.29 is 19.4 Å². The molecule has 2 aromatic heterocycles. The Kier molecular flexibility index (Phi) is 5.82. The normalized spacial score (nSPS) is 12.9. The number of aromatic hydroxyl groups is 1. The van der Waals surface area contributed by atoms with Gasteiger partial charge in [0, 0.05) is 33.8 Å². The number of para-hydroxylation sites is 1. The molecule has 7 nitrogen and oxygen atoms in total. The van der Waals surface area contributed by atoms with Crippen molar-refractivity contribution in [3.63, 3.8) is 0 Å². The molecule has 2 aromatic carbocycles. The lowest BCUT2D eigenvalue weighted by Crippen LogP contribution is -2.24.